The Labute approximate surface area is 175 Å². The average Bonchev–Trinajstić information content (AvgIpc) is 3.16. The Morgan fingerprint density at radius 3 is 2.65 bits per heavy atom. The summed E-state index contributed by atoms with van der Waals surface area (Å²) in [5, 5.41) is 4.56. The lowest BCUT2D eigenvalue weighted by molar-refractivity contribution is -0.137. The van der Waals surface area contributed by atoms with Gasteiger partial charge in [0.2, 0.25) is 0 Å². The molecule has 1 aliphatic rings. The lowest BCUT2D eigenvalue weighted by atomic mass is 10.1. The molecule has 0 saturated heterocycles. The molecule has 0 bridgehead atoms. The zero-order valence-corrected chi connectivity index (χ0v) is 16.4. The molecule has 0 unspecified atom stereocenters. The number of rotatable bonds is 3. The van der Waals surface area contributed by atoms with Crippen LogP contribution in [0.2, 0.25) is 0 Å². The molecule has 31 heavy (non-hydrogen) atoms. The maximum Gasteiger partial charge on any atom is 0.416 e. The van der Waals surface area contributed by atoms with Crippen molar-refractivity contribution in [1.29, 1.82) is 0 Å². The van der Waals surface area contributed by atoms with Gasteiger partial charge in [-0.3, -0.25) is 9.69 Å². The van der Waals surface area contributed by atoms with Gasteiger partial charge in [-0.25, -0.2) is 9.50 Å². The molecule has 0 spiro atoms. The third-order valence-corrected chi connectivity index (χ3v) is 5.44. The zero-order valence-electron chi connectivity index (χ0n) is 16.4. The van der Waals surface area contributed by atoms with Crippen molar-refractivity contribution in [3.63, 3.8) is 0 Å². The summed E-state index contributed by atoms with van der Waals surface area (Å²) in [5.74, 6) is 0.284. The highest BCUT2D eigenvalue weighted by Gasteiger charge is 2.30. The molecule has 158 valence electrons. The maximum absolute atomic E-state index is 12.8. The molecule has 9 heteroatoms. The van der Waals surface area contributed by atoms with Gasteiger partial charge in [-0.1, -0.05) is 18.2 Å². The number of nitrogens with one attached hydrogen (secondary N) is 1. The summed E-state index contributed by atoms with van der Waals surface area (Å²) < 4.78 is 40.2. The molecular weight excluding hydrogens is 407 g/mol. The first kappa shape index (κ1) is 19.5. The van der Waals surface area contributed by atoms with Crippen molar-refractivity contribution >= 4 is 5.52 Å². The van der Waals surface area contributed by atoms with Crippen molar-refractivity contribution in [2.75, 3.05) is 6.54 Å². The van der Waals surface area contributed by atoms with Gasteiger partial charge in [0.25, 0.3) is 5.56 Å². The topological polar surface area (TPSA) is 66.3 Å². The molecular formula is C22H18F3N5O. The number of alkyl halides is 3. The van der Waals surface area contributed by atoms with Crippen LogP contribution in [0.3, 0.4) is 0 Å². The minimum absolute atomic E-state index is 0.264. The number of H-pyrrole nitrogens is 1. The Morgan fingerprint density at radius 1 is 1.10 bits per heavy atom. The highest BCUT2D eigenvalue weighted by Crippen LogP contribution is 2.30. The highest BCUT2D eigenvalue weighted by atomic mass is 19.4. The fourth-order valence-electron chi connectivity index (χ4n) is 3.87. The Kier molecular flexibility index (Phi) is 4.62. The van der Waals surface area contributed by atoms with Crippen LogP contribution in [0.25, 0.3) is 16.9 Å². The second kappa shape index (κ2) is 7.35. The van der Waals surface area contributed by atoms with Crippen LogP contribution in [-0.2, 0) is 25.7 Å². The van der Waals surface area contributed by atoms with E-state index in [0.717, 1.165) is 23.3 Å². The largest absolute Gasteiger partial charge is 0.416 e. The predicted octanol–water partition coefficient (Wildman–Crippen LogP) is 3.66. The number of hydrogen-bond acceptors (Lipinski definition) is 4. The van der Waals surface area contributed by atoms with Crippen LogP contribution in [-0.4, -0.2) is 31.0 Å². The molecule has 5 rings (SSSR count). The second-order valence-electron chi connectivity index (χ2n) is 7.58. The number of nitrogens with zero attached hydrogens (tertiary/aromatic N) is 4. The van der Waals surface area contributed by atoms with E-state index in [9.17, 15) is 18.0 Å². The molecule has 0 atom stereocenters. The summed E-state index contributed by atoms with van der Waals surface area (Å²) in [7, 11) is 0. The van der Waals surface area contributed by atoms with E-state index in [4.69, 9.17) is 0 Å². The molecule has 0 amide bonds. The van der Waals surface area contributed by atoms with Crippen molar-refractivity contribution in [3.8, 4) is 11.4 Å². The molecule has 0 saturated carbocycles. The van der Waals surface area contributed by atoms with Gasteiger partial charge in [0.05, 0.1) is 28.0 Å². The van der Waals surface area contributed by atoms with E-state index in [1.54, 1.807) is 0 Å². The molecule has 4 aromatic rings. The standard InChI is InChI=1S/C22H18F3N5O/c23-22(24,25)15-6-4-14(5-7-15)20-26-19-8-10-29(13-18(19)21(31)27-20)12-16-11-17-3-1-2-9-30(17)28-16/h1-7,9,11H,8,10,12-13H2,(H,26,27,31). The molecule has 3 aromatic heterocycles. The van der Waals surface area contributed by atoms with E-state index in [1.165, 1.54) is 12.1 Å². The van der Waals surface area contributed by atoms with Crippen LogP contribution in [0.4, 0.5) is 13.2 Å². The predicted molar refractivity (Wildman–Crippen MR) is 108 cm³/mol. The maximum atomic E-state index is 12.8. The summed E-state index contributed by atoms with van der Waals surface area (Å²) in [5.41, 5.74) is 2.64. The first-order valence-corrected chi connectivity index (χ1v) is 9.82. The van der Waals surface area contributed by atoms with Crippen molar-refractivity contribution in [2.24, 2.45) is 0 Å². The molecule has 4 heterocycles. The first-order valence-electron chi connectivity index (χ1n) is 9.82. The van der Waals surface area contributed by atoms with Crippen molar-refractivity contribution in [2.45, 2.75) is 25.7 Å². The monoisotopic (exact) mass is 425 g/mol. The third-order valence-electron chi connectivity index (χ3n) is 5.44. The van der Waals surface area contributed by atoms with Gasteiger partial charge in [0.1, 0.15) is 5.82 Å². The number of aromatic amines is 1. The third kappa shape index (κ3) is 3.84. The van der Waals surface area contributed by atoms with Crippen molar-refractivity contribution in [3.05, 3.63) is 87.6 Å². The lowest BCUT2D eigenvalue weighted by Gasteiger charge is -2.27. The van der Waals surface area contributed by atoms with Crippen molar-refractivity contribution in [1.82, 2.24) is 24.5 Å². The lowest BCUT2D eigenvalue weighted by Crippen LogP contribution is -2.35. The van der Waals surface area contributed by atoms with Crippen LogP contribution in [0.5, 0.6) is 0 Å². The van der Waals surface area contributed by atoms with Crippen molar-refractivity contribution < 1.29 is 13.2 Å². The van der Waals surface area contributed by atoms with Crippen LogP contribution >= 0.6 is 0 Å². The molecule has 1 aromatic carbocycles. The SMILES string of the molecule is O=c1[nH]c(-c2ccc(C(F)(F)F)cc2)nc2c1CN(Cc1cc3ccccn3n1)CC2. The summed E-state index contributed by atoms with van der Waals surface area (Å²) >= 11 is 0. The molecule has 1 N–H and O–H groups in total. The summed E-state index contributed by atoms with van der Waals surface area (Å²) in [6.07, 6.45) is -1.93. The Bertz CT molecular complexity index is 1270. The summed E-state index contributed by atoms with van der Waals surface area (Å²) in [4.78, 5) is 22.1. The fourth-order valence-corrected chi connectivity index (χ4v) is 3.87. The van der Waals surface area contributed by atoms with Crippen LogP contribution in [0.15, 0.2) is 59.5 Å². The number of benzene rings is 1. The van der Waals surface area contributed by atoms with Gasteiger partial charge in [-0.15, -0.1) is 0 Å². The van der Waals surface area contributed by atoms with Crippen LogP contribution in [0.1, 0.15) is 22.5 Å². The van der Waals surface area contributed by atoms with E-state index in [2.05, 4.69) is 20.0 Å². The van der Waals surface area contributed by atoms with Gasteiger partial charge >= 0.3 is 6.18 Å². The average molecular weight is 425 g/mol. The van der Waals surface area contributed by atoms with Gasteiger partial charge < -0.3 is 4.98 Å². The number of pyridine rings is 1. The van der Waals surface area contributed by atoms with Gasteiger partial charge in [-0.2, -0.15) is 18.3 Å². The number of fused-ring (bicyclic) bond motifs is 2. The molecule has 0 fully saturated rings. The van der Waals surface area contributed by atoms with E-state index in [0.29, 0.717) is 42.9 Å². The number of aromatic nitrogens is 4. The van der Waals surface area contributed by atoms with Gasteiger partial charge in [0.15, 0.2) is 0 Å². The van der Waals surface area contributed by atoms with E-state index >= 15 is 0 Å². The Morgan fingerprint density at radius 2 is 1.90 bits per heavy atom. The Hall–Kier alpha value is -3.46. The quantitative estimate of drug-likeness (QED) is 0.544. The van der Waals surface area contributed by atoms with E-state index in [1.807, 2.05) is 35.0 Å². The smallest absolute Gasteiger partial charge is 0.306 e. The number of halogens is 3. The molecule has 6 nitrogen and oxygen atoms in total. The van der Waals surface area contributed by atoms with Crippen LogP contribution < -0.4 is 5.56 Å². The Balaban J connectivity index is 1.37. The second-order valence-corrected chi connectivity index (χ2v) is 7.58. The molecule has 0 aliphatic carbocycles. The minimum Gasteiger partial charge on any atom is -0.306 e. The van der Waals surface area contributed by atoms with Crippen LogP contribution in [0, 0.1) is 0 Å². The van der Waals surface area contributed by atoms with Gasteiger partial charge in [-0.05, 0) is 30.3 Å². The first-order chi connectivity index (χ1) is 14.9. The zero-order chi connectivity index (χ0) is 21.6. The minimum atomic E-state index is -4.40. The summed E-state index contributed by atoms with van der Waals surface area (Å²) in [6.45, 7) is 1.77. The molecule has 0 radical (unpaired) electrons. The molecule has 1 aliphatic heterocycles. The highest BCUT2D eigenvalue weighted by molar-refractivity contribution is 5.56. The normalized spacial score (nSPS) is 14.7. The van der Waals surface area contributed by atoms with Gasteiger partial charge in [0, 0.05) is 37.8 Å². The van der Waals surface area contributed by atoms with E-state index in [-0.39, 0.29) is 11.4 Å². The summed E-state index contributed by atoms with van der Waals surface area (Å²) in [6, 6.07) is 12.5. The van der Waals surface area contributed by atoms with E-state index < -0.39 is 11.7 Å². The number of hydrogen-bond donors (Lipinski definition) is 1. The fraction of sp³-hybridized carbons (Fsp3) is 0.227.